The maximum atomic E-state index is 2.85. The first kappa shape index (κ1) is 45.1. The smallest absolute Gasteiger partial charge is 0.264 e. The maximum Gasteiger partial charge on any atom is 0.264 e. The Bertz CT molecular complexity index is 3300. The van der Waals surface area contributed by atoms with Crippen LogP contribution in [0.2, 0.25) is 0 Å². The summed E-state index contributed by atoms with van der Waals surface area (Å²) in [6, 6.07) is 36.3. The van der Waals surface area contributed by atoms with Crippen LogP contribution in [-0.2, 0) is 37.9 Å². The second kappa shape index (κ2) is 13.8. The normalized spacial score (nSPS) is 30.8. The average molecular weight is 967 g/mol. The average Bonchev–Trinajstić information content (AvgIpc) is 3.85. The molecule has 6 aromatic rings. The molecule has 0 N–H and O–H groups in total. The lowest BCUT2D eigenvalue weighted by molar-refractivity contribution is -0.212. The van der Waals surface area contributed by atoms with Crippen molar-refractivity contribution in [3.63, 3.8) is 0 Å². The van der Waals surface area contributed by atoms with E-state index >= 15 is 0 Å². The van der Waals surface area contributed by atoms with Gasteiger partial charge in [-0.3, -0.25) is 0 Å². The van der Waals surface area contributed by atoms with Gasteiger partial charge in [-0.15, -0.1) is 11.3 Å². The fraction of sp³-hybridized carbons (Fsp3) is 0.529. The molecule has 5 aromatic carbocycles. The van der Waals surface area contributed by atoms with Crippen LogP contribution >= 0.6 is 11.3 Å². The molecule has 3 heterocycles. The molecule has 0 radical (unpaired) electrons. The molecule has 370 valence electrons. The van der Waals surface area contributed by atoms with Gasteiger partial charge in [0.05, 0.1) is 5.69 Å². The van der Waals surface area contributed by atoms with E-state index in [4.69, 9.17) is 0 Å². The Kier molecular flexibility index (Phi) is 8.63. The summed E-state index contributed by atoms with van der Waals surface area (Å²) < 4.78 is 2.91. The quantitative estimate of drug-likeness (QED) is 0.163. The third-order valence-corrected chi connectivity index (χ3v) is 23.4. The van der Waals surface area contributed by atoms with E-state index in [1.807, 2.05) is 0 Å². The monoisotopic (exact) mass is 967 g/mol. The minimum absolute atomic E-state index is 0.0306. The van der Waals surface area contributed by atoms with E-state index in [0.29, 0.717) is 0 Å². The van der Waals surface area contributed by atoms with Crippen molar-refractivity contribution in [2.45, 2.75) is 186 Å². The SMILES string of the molecule is CC(C)(C)c1ccc(N2c3cc([C@]45CC6C7CC8C[C@H]6C(C4)[C@H](C8)C7C5)cc4c3B(c3cc5c(cc3N4c3ccc4c(c3)C(C)(C)CC4(C)C)C(C)(C)CC5(C)C)c3sc4ccc(C(C)(C)C)cc4c32)cc1. The summed E-state index contributed by atoms with van der Waals surface area (Å²) in [5, 5.41) is 1.41. The zero-order valence-corrected chi connectivity index (χ0v) is 47.0. The van der Waals surface area contributed by atoms with Crippen molar-refractivity contribution in [1.29, 1.82) is 0 Å². The molecule has 4 heteroatoms. The molecular formula is C68H79BN2S. The minimum Gasteiger partial charge on any atom is -0.311 e. The third kappa shape index (κ3) is 5.86. The second-order valence-electron chi connectivity index (χ2n) is 30.6. The van der Waals surface area contributed by atoms with E-state index in [1.54, 1.807) is 16.7 Å². The molecular weight excluding hydrogens is 888 g/mol. The topological polar surface area (TPSA) is 6.48 Å². The minimum atomic E-state index is 0.0306. The predicted molar refractivity (Wildman–Crippen MR) is 308 cm³/mol. The van der Waals surface area contributed by atoms with Crippen molar-refractivity contribution in [2.24, 2.45) is 41.4 Å². The highest BCUT2D eigenvalue weighted by atomic mass is 32.1. The number of anilines is 6. The van der Waals surface area contributed by atoms with E-state index in [0.717, 1.165) is 47.8 Å². The standard InChI is InChI=1S/C68H79BN2S/c1-62(2,3)38-15-18-41(19-16-38)71-57-28-40(68-32-47-43-23-37-24-44(47)49(34-68)45(25-37)48(43)33-68)27-56-59(57)69(61-60(71)46-26-39(63(4,5)6)17-22-58(46)72-61)54-30-52-53(67(13,14)36-66(52,11)12)31-55(54)70(56)42-20-21-50-51(29-42)65(9,10)35-64(50,7)8/h15-22,26-31,37,43-45,47-49H,23-25,32-36H2,1-14H3/t37?,43-,44-,45?,47?,48?,49?,68-/m0/s1. The van der Waals surface area contributed by atoms with Crippen molar-refractivity contribution in [2.75, 3.05) is 9.80 Å². The first-order valence-corrected chi connectivity index (χ1v) is 29.4. The highest BCUT2D eigenvalue weighted by Crippen LogP contribution is 2.75. The number of hydrogen-bond donors (Lipinski definition) is 0. The summed E-state index contributed by atoms with van der Waals surface area (Å²) >= 11 is 2.08. The molecule has 2 aliphatic heterocycles. The Morgan fingerprint density at radius 1 is 0.500 bits per heavy atom. The summed E-state index contributed by atoms with van der Waals surface area (Å²) in [7, 11) is 0. The Morgan fingerprint density at radius 2 is 1.01 bits per heavy atom. The fourth-order valence-corrected chi connectivity index (χ4v) is 21.0. The van der Waals surface area contributed by atoms with Crippen LogP contribution in [0.1, 0.15) is 187 Å². The largest absolute Gasteiger partial charge is 0.311 e. The van der Waals surface area contributed by atoms with Crippen LogP contribution in [0.15, 0.2) is 84.9 Å². The van der Waals surface area contributed by atoms with Crippen LogP contribution in [0.25, 0.3) is 10.1 Å². The summed E-state index contributed by atoms with van der Waals surface area (Å²) in [4.78, 5) is 5.66. The van der Waals surface area contributed by atoms with Gasteiger partial charge in [-0.2, -0.15) is 0 Å². The number of rotatable bonds is 3. The molecule has 9 aliphatic carbocycles. The van der Waals surface area contributed by atoms with Crippen LogP contribution in [0.5, 0.6) is 0 Å². The summed E-state index contributed by atoms with van der Waals surface area (Å²) in [6.07, 6.45) is 11.1. The summed E-state index contributed by atoms with van der Waals surface area (Å²) in [6.45, 7) is 34.5. The van der Waals surface area contributed by atoms with Gasteiger partial charge < -0.3 is 9.80 Å². The van der Waals surface area contributed by atoms with E-state index in [2.05, 4.69) is 203 Å². The first-order valence-electron chi connectivity index (χ1n) is 28.6. The van der Waals surface area contributed by atoms with Gasteiger partial charge in [0.2, 0.25) is 0 Å². The van der Waals surface area contributed by atoms with Gasteiger partial charge in [0.1, 0.15) is 0 Å². The van der Waals surface area contributed by atoms with Crippen molar-refractivity contribution < 1.29 is 0 Å². The van der Waals surface area contributed by atoms with Gasteiger partial charge in [0, 0.05) is 43.3 Å². The maximum absolute atomic E-state index is 2.85. The van der Waals surface area contributed by atoms with Crippen molar-refractivity contribution >= 4 is 78.0 Å². The molecule has 0 saturated heterocycles. The van der Waals surface area contributed by atoms with Crippen molar-refractivity contribution in [3.8, 4) is 0 Å². The van der Waals surface area contributed by atoms with Gasteiger partial charge in [-0.1, -0.05) is 127 Å². The third-order valence-electron chi connectivity index (χ3n) is 22.2. The highest BCUT2D eigenvalue weighted by Gasteiger charge is 2.68. The van der Waals surface area contributed by atoms with Crippen LogP contribution in [-0.4, -0.2) is 6.71 Å². The number of thiophene rings is 1. The lowest BCUT2D eigenvalue weighted by Gasteiger charge is -2.72. The van der Waals surface area contributed by atoms with Gasteiger partial charge in [0.25, 0.3) is 6.71 Å². The molecule has 8 bridgehead atoms. The van der Waals surface area contributed by atoms with E-state index < -0.39 is 0 Å². The van der Waals surface area contributed by atoms with Crippen LogP contribution in [0, 0.1) is 41.4 Å². The van der Waals surface area contributed by atoms with E-state index in [-0.39, 0.29) is 44.6 Å². The lowest BCUT2D eigenvalue weighted by atomic mass is 9.32. The molecule has 0 atom stereocenters. The summed E-state index contributed by atoms with van der Waals surface area (Å²) in [5.41, 5.74) is 22.7. The van der Waals surface area contributed by atoms with Gasteiger partial charge in [-0.25, -0.2) is 0 Å². The van der Waals surface area contributed by atoms with Crippen LogP contribution < -0.4 is 25.5 Å². The van der Waals surface area contributed by atoms with Gasteiger partial charge in [0.15, 0.2) is 0 Å². The zero-order chi connectivity index (χ0) is 49.9. The molecule has 0 unspecified atom stereocenters. The Hall–Kier alpha value is -4.28. The number of benzene rings is 5. The first-order chi connectivity index (χ1) is 33.8. The number of hydrogen-bond acceptors (Lipinski definition) is 3. The Morgan fingerprint density at radius 3 is 1.60 bits per heavy atom. The molecule has 7 fully saturated rings. The number of nitrogens with zero attached hydrogens (tertiary/aromatic N) is 2. The number of fused-ring (bicyclic) bond motifs is 8. The molecule has 17 rings (SSSR count). The molecule has 72 heavy (non-hydrogen) atoms. The second-order valence-corrected chi connectivity index (χ2v) is 31.7. The fourth-order valence-electron chi connectivity index (χ4n) is 19.8. The summed E-state index contributed by atoms with van der Waals surface area (Å²) in [5.74, 6) is 6.67. The van der Waals surface area contributed by atoms with E-state index in [9.17, 15) is 0 Å². The Balaban J connectivity index is 1.06. The van der Waals surface area contributed by atoms with Crippen molar-refractivity contribution in [1.82, 2.24) is 0 Å². The van der Waals surface area contributed by atoms with E-state index in [1.165, 1.54) is 127 Å². The van der Waals surface area contributed by atoms with Crippen LogP contribution in [0.3, 0.4) is 0 Å². The van der Waals surface area contributed by atoms with Crippen molar-refractivity contribution in [3.05, 3.63) is 124 Å². The Labute approximate surface area is 436 Å². The molecule has 0 amide bonds. The molecule has 7 saturated carbocycles. The van der Waals surface area contributed by atoms with Gasteiger partial charge in [-0.05, 0) is 235 Å². The van der Waals surface area contributed by atoms with Gasteiger partial charge >= 0.3 is 0 Å². The lowest BCUT2D eigenvalue weighted by Crippen LogP contribution is -2.66. The zero-order valence-electron chi connectivity index (χ0n) is 46.2. The molecule has 11 aliphatic rings. The molecule has 2 nitrogen and oxygen atoms in total. The predicted octanol–water partition coefficient (Wildman–Crippen LogP) is 16.5. The van der Waals surface area contributed by atoms with Crippen LogP contribution in [0.4, 0.5) is 34.1 Å². The molecule has 1 aromatic heterocycles. The highest BCUT2D eigenvalue weighted by molar-refractivity contribution is 7.33. The molecule has 0 spiro atoms.